The molecule has 1 unspecified atom stereocenters. The van der Waals surface area contributed by atoms with Crippen molar-refractivity contribution in [2.45, 2.75) is 26.5 Å². The van der Waals surface area contributed by atoms with Gasteiger partial charge in [-0.3, -0.25) is 9.80 Å². The number of ether oxygens (including phenoxy) is 3. The molecule has 0 radical (unpaired) electrons. The van der Waals surface area contributed by atoms with Crippen LogP contribution < -0.4 is 14.2 Å². The molecule has 2 aromatic carbocycles. The Labute approximate surface area is 207 Å². The number of benzene rings is 2. The van der Waals surface area contributed by atoms with E-state index in [0.717, 1.165) is 66.1 Å². The predicted molar refractivity (Wildman–Crippen MR) is 131 cm³/mol. The van der Waals surface area contributed by atoms with Crippen LogP contribution in [-0.4, -0.2) is 67.1 Å². The highest BCUT2D eigenvalue weighted by Gasteiger charge is 2.21. The van der Waals surface area contributed by atoms with E-state index < -0.39 is 6.10 Å². The predicted octanol–water partition coefficient (Wildman–Crippen LogP) is 4.09. The van der Waals surface area contributed by atoms with Crippen LogP contribution in [0.3, 0.4) is 0 Å². The molecular formula is C23H31Cl3N2O4. The molecule has 32 heavy (non-hydrogen) atoms. The van der Waals surface area contributed by atoms with Gasteiger partial charge in [0.1, 0.15) is 18.5 Å². The SMILES string of the molecule is Cc1cc(OCC(O)CN2CCN(Cc3ccc4c(c3)OCO4)CC2)cc(C)c1Cl.Cl.Cl. The van der Waals surface area contributed by atoms with E-state index in [1.54, 1.807) is 0 Å². The van der Waals surface area contributed by atoms with Gasteiger partial charge in [-0.2, -0.15) is 0 Å². The van der Waals surface area contributed by atoms with E-state index in [1.165, 1.54) is 5.56 Å². The van der Waals surface area contributed by atoms with Crippen LogP contribution in [0.25, 0.3) is 0 Å². The highest BCUT2D eigenvalue weighted by atomic mass is 35.5. The molecule has 0 aliphatic carbocycles. The Balaban J connectivity index is 0.00000181. The zero-order valence-corrected chi connectivity index (χ0v) is 20.8. The van der Waals surface area contributed by atoms with Crippen molar-refractivity contribution in [1.29, 1.82) is 0 Å². The first-order valence-electron chi connectivity index (χ1n) is 10.4. The minimum absolute atomic E-state index is 0. The average molecular weight is 506 g/mol. The molecule has 0 bridgehead atoms. The molecule has 2 heterocycles. The Bertz CT molecular complexity index is 869. The summed E-state index contributed by atoms with van der Waals surface area (Å²) < 4.78 is 16.6. The first kappa shape index (κ1) is 26.8. The van der Waals surface area contributed by atoms with E-state index >= 15 is 0 Å². The van der Waals surface area contributed by atoms with Gasteiger partial charge in [-0.05, 0) is 54.8 Å². The molecule has 1 fully saturated rings. The summed E-state index contributed by atoms with van der Waals surface area (Å²) in [5.41, 5.74) is 3.20. The molecule has 0 saturated carbocycles. The van der Waals surface area contributed by atoms with Gasteiger partial charge < -0.3 is 19.3 Å². The van der Waals surface area contributed by atoms with Gasteiger partial charge in [0.2, 0.25) is 6.79 Å². The molecule has 1 saturated heterocycles. The Morgan fingerprint density at radius 3 is 2.28 bits per heavy atom. The summed E-state index contributed by atoms with van der Waals surface area (Å²) in [5.74, 6) is 2.41. The van der Waals surface area contributed by atoms with Crippen LogP contribution in [0, 0.1) is 13.8 Å². The molecule has 1 atom stereocenters. The molecule has 0 amide bonds. The number of aliphatic hydroxyl groups excluding tert-OH is 1. The van der Waals surface area contributed by atoms with E-state index in [2.05, 4.69) is 21.9 Å². The lowest BCUT2D eigenvalue weighted by Crippen LogP contribution is -2.48. The second-order valence-electron chi connectivity index (χ2n) is 8.10. The molecule has 4 rings (SSSR count). The zero-order chi connectivity index (χ0) is 21.1. The topological polar surface area (TPSA) is 54.4 Å². The van der Waals surface area contributed by atoms with Crippen molar-refractivity contribution in [3.63, 3.8) is 0 Å². The number of aliphatic hydroxyl groups is 1. The minimum atomic E-state index is -0.526. The normalized spacial score (nSPS) is 16.8. The molecule has 6 nitrogen and oxygen atoms in total. The first-order valence-corrected chi connectivity index (χ1v) is 10.8. The van der Waals surface area contributed by atoms with Crippen molar-refractivity contribution < 1.29 is 19.3 Å². The summed E-state index contributed by atoms with van der Waals surface area (Å²) >= 11 is 6.20. The summed E-state index contributed by atoms with van der Waals surface area (Å²) in [5, 5.41) is 11.2. The lowest BCUT2D eigenvalue weighted by molar-refractivity contribution is 0.0446. The van der Waals surface area contributed by atoms with E-state index in [1.807, 2.05) is 32.0 Å². The van der Waals surface area contributed by atoms with Crippen LogP contribution in [0.5, 0.6) is 17.2 Å². The number of β-amino-alcohol motifs (C(OH)–C–C–N with tert-alkyl or cyclic N) is 1. The summed E-state index contributed by atoms with van der Waals surface area (Å²) in [7, 11) is 0. The smallest absolute Gasteiger partial charge is 0.231 e. The van der Waals surface area contributed by atoms with Crippen LogP contribution >= 0.6 is 36.4 Å². The number of rotatable bonds is 7. The number of hydrogen-bond donors (Lipinski definition) is 1. The lowest BCUT2D eigenvalue weighted by Gasteiger charge is -2.35. The van der Waals surface area contributed by atoms with E-state index in [-0.39, 0.29) is 31.4 Å². The van der Waals surface area contributed by atoms with Crippen LogP contribution in [-0.2, 0) is 6.54 Å². The number of hydrogen-bond acceptors (Lipinski definition) is 6. The second kappa shape index (κ2) is 12.2. The maximum atomic E-state index is 10.4. The van der Waals surface area contributed by atoms with Crippen LogP contribution in [0.1, 0.15) is 16.7 Å². The highest BCUT2D eigenvalue weighted by Crippen LogP contribution is 2.33. The Kier molecular flexibility index (Phi) is 10.2. The van der Waals surface area contributed by atoms with Gasteiger partial charge in [0, 0.05) is 44.3 Å². The Hall–Kier alpha value is -1.41. The van der Waals surface area contributed by atoms with Crippen LogP contribution in [0.2, 0.25) is 5.02 Å². The Morgan fingerprint density at radius 2 is 1.59 bits per heavy atom. The van der Waals surface area contributed by atoms with Gasteiger partial charge >= 0.3 is 0 Å². The van der Waals surface area contributed by atoms with Crippen molar-refractivity contribution in [2.75, 3.05) is 46.1 Å². The van der Waals surface area contributed by atoms with Crippen LogP contribution in [0.15, 0.2) is 30.3 Å². The van der Waals surface area contributed by atoms with Crippen molar-refractivity contribution in [1.82, 2.24) is 9.80 Å². The molecular weight excluding hydrogens is 475 g/mol. The number of piperazine rings is 1. The number of halogens is 3. The van der Waals surface area contributed by atoms with Crippen molar-refractivity contribution in [3.8, 4) is 17.2 Å². The minimum Gasteiger partial charge on any atom is -0.491 e. The van der Waals surface area contributed by atoms with E-state index in [4.69, 9.17) is 25.8 Å². The molecule has 2 aliphatic heterocycles. The van der Waals surface area contributed by atoms with Crippen molar-refractivity contribution >= 4 is 36.4 Å². The first-order chi connectivity index (χ1) is 14.5. The molecule has 2 aliphatic rings. The molecule has 9 heteroatoms. The quantitative estimate of drug-likeness (QED) is 0.612. The Morgan fingerprint density at radius 1 is 0.969 bits per heavy atom. The molecule has 2 aromatic rings. The third kappa shape index (κ3) is 6.80. The summed E-state index contributed by atoms with van der Waals surface area (Å²) in [6.07, 6.45) is -0.526. The highest BCUT2D eigenvalue weighted by molar-refractivity contribution is 6.32. The fourth-order valence-corrected chi connectivity index (χ4v) is 4.07. The maximum absolute atomic E-state index is 10.4. The molecule has 178 valence electrons. The van der Waals surface area contributed by atoms with Gasteiger partial charge in [-0.1, -0.05) is 17.7 Å². The fraction of sp³-hybridized carbons (Fsp3) is 0.478. The van der Waals surface area contributed by atoms with Crippen LogP contribution in [0.4, 0.5) is 0 Å². The number of nitrogens with zero attached hydrogens (tertiary/aromatic N) is 2. The number of fused-ring (bicyclic) bond motifs is 1. The van der Waals surface area contributed by atoms with Crippen molar-refractivity contribution in [2.24, 2.45) is 0 Å². The molecule has 0 spiro atoms. The summed E-state index contributed by atoms with van der Waals surface area (Å²) in [4.78, 5) is 4.72. The third-order valence-electron chi connectivity index (χ3n) is 5.63. The third-order valence-corrected chi connectivity index (χ3v) is 6.23. The van der Waals surface area contributed by atoms with Gasteiger partial charge in [0.25, 0.3) is 0 Å². The van der Waals surface area contributed by atoms with E-state index in [9.17, 15) is 5.11 Å². The van der Waals surface area contributed by atoms with Gasteiger partial charge in [0.05, 0.1) is 0 Å². The standard InChI is InChI=1S/C23H29ClN2O4.2ClH/c1-16-9-20(10-17(2)23(16)24)28-14-19(27)13-26-7-5-25(6-8-26)12-18-3-4-21-22(11-18)30-15-29-21;;/h3-4,9-11,19,27H,5-8,12-15H2,1-2H3;2*1H. The lowest BCUT2D eigenvalue weighted by atomic mass is 10.1. The van der Waals surface area contributed by atoms with Crippen molar-refractivity contribution in [3.05, 3.63) is 52.0 Å². The largest absolute Gasteiger partial charge is 0.491 e. The fourth-order valence-electron chi connectivity index (χ4n) is 3.96. The van der Waals surface area contributed by atoms with Gasteiger partial charge in [0.15, 0.2) is 11.5 Å². The summed E-state index contributed by atoms with van der Waals surface area (Å²) in [6.45, 7) is 9.81. The monoisotopic (exact) mass is 504 g/mol. The maximum Gasteiger partial charge on any atom is 0.231 e. The van der Waals surface area contributed by atoms with E-state index in [0.29, 0.717) is 13.3 Å². The number of aryl methyl sites for hydroxylation is 2. The zero-order valence-electron chi connectivity index (χ0n) is 18.4. The van der Waals surface area contributed by atoms with Gasteiger partial charge in [-0.25, -0.2) is 0 Å². The molecule has 1 N–H and O–H groups in total. The average Bonchev–Trinajstić information content (AvgIpc) is 3.20. The second-order valence-corrected chi connectivity index (χ2v) is 8.48. The summed E-state index contributed by atoms with van der Waals surface area (Å²) in [6, 6.07) is 9.97. The van der Waals surface area contributed by atoms with Gasteiger partial charge in [-0.15, -0.1) is 24.8 Å². The molecule has 0 aromatic heterocycles.